The number of aryl methyl sites for hydroxylation is 1. The number of aromatic nitrogens is 1. The van der Waals surface area contributed by atoms with Gasteiger partial charge in [-0.1, -0.05) is 0 Å². The van der Waals surface area contributed by atoms with Gasteiger partial charge < -0.3 is 20.9 Å². The van der Waals surface area contributed by atoms with E-state index in [0.29, 0.717) is 0 Å². The van der Waals surface area contributed by atoms with E-state index in [1.165, 1.54) is 0 Å². The second-order valence-electron chi connectivity index (χ2n) is 7.18. The molecule has 30 heavy (non-hydrogen) atoms. The van der Waals surface area contributed by atoms with E-state index >= 15 is 0 Å². The highest BCUT2D eigenvalue weighted by Crippen LogP contribution is 2.29. The van der Waals surface area contributed by atoms with Crippen molar-refractivity contribution in [2.45, 2.75) is 26.7 Å². The van der Waals surface area contributed by atoms with Crippen molar-refractivity contribution in [3.05, 3.63) is 34.8 Å². The summed E-state index contributed by atoms with van der Waals surface area (Å²) in [5, 5.41) is 8.70. The van der Waals surface area contributed by atoms with Crippen LogP contribution in [-0.2, 0) is 4.74 Å². The van der Waals surface area contributed by atoms with Crippen LogP contribution in [-0.4, -0.2) is 61.0 Å². The molecule has 1 aliphatic rings. The summed E-state index contributed by atoms with van der Waals surface area (Å²) < 4.78 is 11.3. The van der Waals surface area contributed by atoms with Gasteiger partial charge in [-0.2, -0.15) is 5.10 Å². The van der Waals surface area contributed by atoms with Crippen LogP contribution in [0.3, 0.4) is 0 Å². The number of guanidine groups is 1. The fourth-order valence-electron chi connectivity index (χ4n) is 3.18. The second-order valence-corrected chi connectivity index (χ2v) is 8.18. The normalized spacial score (nSPS) is 15.2. The molecule has 4 N–H and O–H groups in total. The summed E-state index contributed by atoms with van der Waals surface area (Å²) in [5.74, 6) is 0.817. The Balaban J connectivity index is 1.50. The molecular weight excluding hydrogens is 400 g/mol. The summed E-state index contributed by atoms with van der Waals surface area (Å²) in [4.78, 5) is 8.08. The van der Waals surface area contributed by atoms with Gasteiger partial charge in [0.05, 0.1) is 36.1 Å². The van der Waals surface area contributed by atoms with Crippen molar-refractivity contribution >= 4 is 23.0 Å². The minimum absolute atomic E-state index is 0.0616. The molecule has 1 fully saturated rings. The quantitative estimate of drug-likeness (QED) is 0.274. The lowest BCUT2D eigenvalue weighted by Crippen LogP contribution is -2.36. The molecule has 2 aromatic rings. The number of morpholine rings is 1. The lowest BCUT2D eigenvalue weighted by atomic mass is 10.2. The maximum absolute atomic E-state index is 5.89. The van der Waals surface area contributed by atoms with Crippen LogP contribution in [0.2, 0.25) is 0 Å². The third kappa shape index (κ3) is 6.51. The van der Waals surface area contributed by atoms with E-state index in [-0.39, 0.29) is 5.96 Å². The minimum Gasteiger partial charge on any atom is -0.494 e. The summed E-state index contributed by atoms with van der Waals surface area (Å²) in [6.45, 7) is 9.45. The Labute approximate surface area is 181 Å². The topological polar surface area (TPSA) is 111 Å². The van der Waals surface area contributed by atoms with Crippen LogP contribution in [0, 0.1) is 6.92 Å². The van der Waals surface area contributed by atoms with Crippen LogP contribution in [0.1, 0.15) is 30.3 Å². The van der Waals surface area contributed by atoms with Crippen molar-refractivity contribution in [1.29, 1.82) is 0 Å². The number of unbranched alkanes of at least 4 members (excludes halogenated alkanes) is 1. The van der Waals surface area contributed by atoms with E-state index in [4.69, 9.17) is 20.9 Å². The molecule has 1 saturated heterocycles. The highest BCUT2D eigenvalue weighted by atomic mass is 32.1. The Bertz CT molecular complexity index is 868. The van der Waals surface area contributed by atoms with Crippen molar-refractivity contribution in [3.63, 3.8) is 0 Å². The number of hydrogen-bond donors (Lipinski definition) is 2. The first-order valence-corrected chi connectivity index (χ1v) is 11.0. The van der Waals surface area contributed by atoms with E-state index < -0.39 is 0 Å². The first-order valence-electron chi connectivity index (χ1n) is 10.2. The molecule has 0 aliphatic carbocycles. The number of thiazole rings is 1. The van der Waals surface area contributed by atoms with Gasteiger partial charge in [0, 0.05) is 18.7 Å². The number of nitrogens with two attached hydrogens (primary N) is 2. The fraction of sp³-hybridized carbons (Fsp3) is 0.476. The predicted molar refractivity (Wildman–Crippen MR) is 122 cm³/mol. The molecule has 1 aliphatic heterocycles. The van der Waals surface area contributed by atoms with Crippen LogP contribution >= 0.6 is 11.3 Å². The van der Waals surface area contributed by atoms with E-state index in [1.54, 1.807) is 11.3 Å². The van der Waals surface area contributed by atoms with Crippen molar-refractivity contribution in [2.24, 2.45) is 21.7 Å². The monoisotopic (exact) mass is 430 g/mol. The lowest BCUT2D eigenvalue weighted by molar-refractivity contribution is 0.0368. The summed E-state index contributed by atoms with van der Waals surface area (Å²) in [6.07, 6.45) is 2.18. The largest absolute Gasteiger partial charge is 0.494 e. The van der Waals surface area contributed by atoms with Crippen molar-refractivity contribution < 1.29 is 9.47 Å². The molecule has 0 bridgehead atoms. The molecule has 0 amide bonds. The zero-order valence-electron chi connectivity index (χ0n) is 17.6. The van der Waals surface area contributed by atoms with Gasteiger partial charge in [-0.15, -0.1) is 16.4 Å². The van der Waals surface area contributed by atoms with Gasteiger partial charge in [0.15, 0.2) is 0 Å². The molecule has 0 unspecified atom stereocenters. The first-order chi connectivity index (χ1) is 14.5. The first kappa shape index (κ1) is 22.2. The van der Waals surface area contributed by atoms with Gasteiger partial charge in [-0.25, -0.2) is 4.98 Å². The van der Waals surface area contributed by atoms with Crippen LogP contribution < -0.4 is 16.2 Å². The molecule has 0 atom stereocenters. The highest BCUT2D eigenvalue weighted by molar-refractivity contribution is 7.17. The summed E-state index contributed by atoms with van der Waals surface area (Å²) in [7, 11) is 0. The Hall–Kier alpha value is -2.49. The molecule has 0 spiro atoms. The second kappa shape index (κ2) is 11.1. The average molecular weight is 431 g/mol. The van der Waals surface area contributed by atoms with E-state index in [2.05, 4.69) is 20.1 Å². The molecule has 162 valence electrons. The average Bonchev–Trinajstić information content (AvgIpc) is 3.14. The maximum atomic E-state index is 5.89. The molecule has 0 saturated carbocycles. The molecular formula is C21H30N6O2S. The number of nitrogens with zero attached hydrogens (tertiary/aromatic N) is 4. The van der Waals surface area contributed by atoms with Gasteiger partial charge in [0.25, 0.3) is 0 Å². The predicted octanol–water partition coefficient (Wildman–Crippen LogP) is 2.61. The van der Waals surface area contributed by atoms with Crippen molar-refractivity contribution in [1.82, 2.24) is 9.88 Å². The Morgan fingerprint density at radius 2 is 1.90 bits per heavy atom. The summed E-state index contributed by atoms with van der Waals surface area (Å²) >= 11 is 1.57. The summed E-state index contributed by atoms with van der Waals surface area (Å²) in [6, 6.07) is 8.06. The molecule has 2 heterocycles. The highest BCUT2D eigenvalue weighted by Gasteiger charge is 2.12. The molecule has 8 nitrogen and oxygen atoms in total. The summed E-state index contributed by atoms with van der Waals surface area (Å²) in [5.41, 5.74) is 13.4. The Morgan fingerprint density at radius 3 is 2.60 bits per heavy atom. The Morgan fingerprint density at radius 1 is 1.17 bits per heavy atom. The number of ether oxygens (including phenoxy) is 2. The van der Waals surface area contributed by atoms with Crippen LogP contribution in [0.15, 0.2) is 34.5 Å². The van der Waals surface area contributed by atoms with Gasteiger partial charge in [0.1, 0.15) is 10.8 Å². The van der Waals surface area contributed by atoms with Gasteiger partial charge in [-0.3, -0.25) is 4.90 Å². The Kier molecular flexibility index (Phi) is 8.18. The molecule has 1 aromatic heterocycles. The number of hydrogen-bond acceptors (Lipinski definition) is 7. The van der Waals surface area contributed by atoms with E-state index in [9.17, 15) is 0 Å². The smallest absolute Gasteiger partial charge is 0.211 e. The van der Waals surface area contributed by atoms with Gasteiger partial charge >= 0.3 is 0 Å². The van der Waals surface area contributed by atoms with E-state index in [1.807, 2.05) is 38.1 Å². The SMILES string of the molecule is C/C(=N\N=C(N)N)c1sc(-c2ccc(OCCCCN3CCOCC3)cc2)nc1C. The lowest BCUT2D eigenvalue weighted by Gasteiger charge is -2.26. The number of rotatable bonds is 9. The van der Waals surface area contributed by atoms with E-state index in [0.717, 1.165) is 84.9 Å². The maximum Gasteiger partial charge on any atom is 0.211 e. The third-order valence-electron chi connectivity index (χ3n) is 4.78. The molecule has 1 aromatic carbocycles. The number of benzene rings is 1. The molecule has 3 rings (SSSR count). The minimum atomic E-state index is -0.0616. The van der Waals surface area contributed by atoms with Crippen molar-refractivity contribution in [2.75, 3.05) is 39.5 Å². The molecule has 0 radical (unpaired) electrons. The standard InChI is InChI=1S/C21H30N6O2S/c1-15-19(16(2)25-26-21(22)23)30-20(24-15)17-5-7-18(8-6-17)29-12-4-3-9-27-10-13-28-14-11-27/h5-8H,3-4,9-14H2,1-2H3,(H4,22,23,26)/b25-16+. The van der Waals surface area contributed by atoms with Crippen LogP contribution in [0.25, 0.3) is 10.6 Å². The third-order valence-corrected chi connectivity index (χ3v) is 6.10. The zero-order valence-corrected chi connectivity index (χ0v) is 18.5. The van der Waals surface area contributed by atoms with Crippen LogP contribution in [0.5, 0.6) is 5.75 Å². The van der Waals surface area contributed by atoms with Gasteiger partial charge in [0.2, 0.25) is 5.96 Å². The fourth-order valence-corrected chi connectivity index (χ4v) is 4.19. The van der Waals surface area contributed by atoms with Crippen molar-refractivity contribution in [3.8, 4) is 16.3 Å². The van der Waals surface area contributed by atoms with Gasteiger partial charge in [-0.05, 0) is 57.5 Å². The van der Waals surface area contributed by atoms with Crippen LogP contribution in [0.4, 0.5) is 0 Å². The molecule has 9 heteroatoms. The zero-order chi connectivity index (χ0) is 21.3.